The Hall–Kier alpha value is -2.51. The van der Waals surface area contributed by atoms with Crippen molar-refractivity contribution in [2.45, 2.75) is 32.7 Å². The van der Waals surface area contributed by atoms with E-state index in [0.29, 0.717) is 17.3 Å². The summed E-state index contributed by atoms with van der Waals surface area (Å²) in [5.41, 5.74) is 5.63. The lowest BCUT2D eigenvalue weighted by Crippen LogP contribution is -2.24. The molecule has 1 aliphatic carbocycles. The second-order valence-corrected chi connectivity index (χ2v) is 8.72. The van der Waals surface area contributed by atoms with E-state index in [9.17, 15) is 9.90 Å². The fourth-order valence-electron chi connectivity index (χ4n) is 3.33. The molecular weight excluding hydrogens is 396 g/mol. The molecule has 1 aromatic heterocycles. The van der Waals surface area contributed by atoms with Crippen molar-refractivity contribution in [2.75, 3.05) is 0 Å². The normalized spacial score (nSPS) is 23.5. The highest BCUT2D eigenvalue weighted by Gasteiger charge is 2.59. The fourth-order valence-corrected chi connectivity index (χ4v) is 4.53. The van der Waals surface area contributed by atoms with Crippen LogP contribution in [0.4, 0.5) is 5.00 Å². The number of nitrogens with one attached hydrogen (secondary N) is 1. The van der Waals surface area contributed by atoms with Crippen molar-refractivity contribution in [3.8, 4) is 0 Å². The van der Waals surface area contributed by atoms with Gasteiger partial charge in [0, 0.05) is 21.0 Å². The maximum absolute atomic E-state index is 11.7. The van der Waals surface area contributed by atoms with E-state index in [1.54, 1.807) is 17.6 Å². The summed E-state index contributed by atoms with van der Waals surface area (Å²) in [5.74, 6) is -0.828. The van der Waals surface area contributed by atoms with E-state index in [2.05, 4.69) is 15.5 Å². The SMILES string of the molecule is CC1=Nc2sc(C)c(C)c2C(c2ccc(Cl)cc2)=NC2(C=NN1)CC2C(=O)O. The predicted molar refractivity (Wildman–Crippen MR) is 114 cm³/mol. The van der Waals surface area contributed by atoms with Crippen molar-refractivity contribution in [3.63, 3.8) is 0 Å². The Kier molecular flexibility index (Phi) is 4.59. The third kappa shape index (κ3) is 3.25. The number of aliphatic imine (C=N–C) groups is 2. The van der Waals surface area contributed by atoms with Gasteiger partial charge in [0.1, 0.15) is 16.4 Å². The van der Waals surface area contributed by atoms with Gasteiger partial charge in [-0.1, -0.05) is 23.7 Å². The van der Waals surface area contributed by atoms with Crippen LogP contribution in [-0.4, -0.2) is 34.4 Å². The van der Waals surface area contributed by atoms with Crippen molar-refractivity contribution in [3.05, 3.63) is 50.9 Å². The first-order valence-electron chi connectivity index (χ1n) is 8.85. The largest absolute Gasteiger partial charge is 0.481 e. The van der Waals surface area contributed by atoms with Gasteiger partial charge in [0.05, 0.1) is 17.8 Å². The van der Waals surface area contributed by atoms with Crippen LogP contribution in [0.3, 0.4) is 0 Å². The number of aliphatic carboxylic acids is 1. The van der Waals surface area contributed by atoms with Crippen LogP contribution in [0.1, 0.15) is 34.9 Å². The molecule has 28 heavy (non-hydrogen) atoms. The summed E-state index contributed by atoms with van der Waals surface area (Å²) in [6.45, 7) is 5.93. The smallest absolute Gasteiger partial charge is 0.309 e. The van der Waals surface area contributed by atoms with Gasteiger partial charge in [-0.25, -0.2) is 4.99 Å². The van der Waals surface area contributed by atoms with Crippen LogP contribution in [0.25, 0.3) is 0 Å². The van der Waals surface area contributed by atoms with Gasteiger partial charge in [0.2, 0.25) is 0 Å². The number of carbonyl (C=O) groups is 1. The summed E-state index contributed by atoms with van der Waals surface area (Å²) in [5, 5.41) is 15.2. The van der Waals surface area contributed by atoms with E-state index in [-0.39, 0.29) is 0 Å². The van der Waals surface area contributed by atoms with E-state index in [1.807, 2.05) is 45.0 Å². The molecule has 6 nitrogen and oxygen atoms in total. The van der Waals surface area contributed by atoms with Crippen molar-refractivity contribution < 1.29 is 9.90 Å². The summed E-state index contributed by atoms with van der Waals surface area (Å²) in [4.78, 5) is 22.5. The first-order chi connectivity index (χ1) is 13.3. The molecule has 1 saturated carbocycles. The number of rotatable bonds is 2. The first kappa shape index (κ1) is 18.8. The Morgan fingerprint density at radius 1 is 1.29 bits per heavy atom. The number of halogens is 1. The van der Waals surface area contributed by atoms with Gasteiger partial charge >= 0.3 is 5.97 Å². The highest BCUT2D eigenvalue weighted by molar-refractivity contribution is 7.16. The number of amidine groups is 1. The number of carboxylic acid groups (broad SMARTS) is 1. The number of thiophene rings is 1. The number of fused-ring (bicyclic) bond motifs is 1. The van der Waals surface area contributed by atoms with E-state index in [4.69, 9.17) is 16.6 Å². The van der Waals surface area contributed by atoms with Gasteiger partial charge in [-0.05, 0) is 44.9 Å². The lowest BCUT2D eigenvalue weighted by Gasteiger charge is -2.15. The van der Waals surface area contributed by atoms with Crippen LogP contribution in [-0.2, 0) is 4.79 Å². The summed E-state index contributed by atoms with van der Waals surface area (Å²) in [6, 6.07) is 7.43. The summed E-state index contributed by atoms with van der Waals surface area (Å²) >= 11 is 7.66. The molecule has 0 radical (unpaired) electrons. The van der Waals surface area contributed by atoms with Crippen LogP contribution in [0.5, 0.6) is 0 Å². The summed E-state index contributed by atoms with van der Waals surface area (Å²) < 4.78 is 0. The lowest BCUT2D eigenvalue weighted by atomic mass is 9.99. The predicted octanol–water partition coefficient (Wildman–Crippen LogP) is 4.34. The molecular formula is C20H19ClN4O2S. The molecule has 2 atom stereocenters. The Morgan fingerprint density at radius 2 is 2.00 bits per heavy atom. The van der Waals surface area contributed by atoms with Crippen LogP contribution < -0.4 is 5.43 Å². The zero-order valence-corrected chi connectivity index (χ0v) is 17.2. The number of aryl methyl sites for hydroxylation is 1. The third-order valence-corrected chi connectivity index (χ3v) is 6.45. The number of nitrogens with zero attached hydrogens (tertiary/aromatic N) is 3. The van der Waals surface area contributed by atoms with Crippen molar-refractivity contribution >= 4 is 51.7 Å². The number of carboxylic acids is 1. The molecule has 144 valence electrons. The molecule has 2 aromatic rings. The maximum Gasteiger partial charge on any atom is 0.309 e. The molecule has 4 rings (SSSR count). The molecule has 1 fully saturated rings. The maximum atomic E-state index is 11.7. The van der Waals surface area contributed by atoms with Crippen LogP contribution in [0.2, 0.25) is 5.02 Å². The van der Waals surface area contributed by atoms with Gasteiger partial charge < -0.3 is 5.11 Å². The van der Waals surface area contributed by atoms with Gasteiger partial charge in [0.15, 0.2) is 0 Å². The number of benzene rings is 1. The van der Waals surface area contributed by atoms with E-state index >= 15 is 0 Å². The van der Waals surface area contributed by atoms with Crippen molar-refractivity contribution in [1.82, 2.24) is 5.43 Å². The zero-order chi connectivity index (χ0) is 20.1. The first-order valence-corrected chi connectivity index (χ1v) is 10.0. The van der Waals surface area contributed by atoms with E-state index < -0.39 is 17.4 Å². The minimum Gasteiger partial charge on any atom is -0.481 e. The molecule has 0 amide bonds. The monoisotopic (exact) mass is 414 g/mol. The number of hydrogen-bond acceptors (Lipinski definition) is 6. The topological polar surface area (TPSA) is 86.4 Å². The third-order valence-electron chi connectivity index (χ3n) is 5.10. The van der Waals surface area contributed by atoms with Gasteiger partial charge in [-0.15, -0.1) is 11.3 Å². The quantitative estimate of drug-likeness (QED) is 0.766. The van der Waals surface area contributed by atoms with E-state index in [1.165, 1.54) is 0 Å². The lowest BCUT2D eigenvalue weighted by molar-refractivity contribution is -0.138. The Labute approximate surface area is 171 Å². The Bertz CT molecular complexity index is 1050. The van der Waals surface area contributed by atoms with E-state index in [0.717, 1.165) is 32.3 Å². The van der Waals surface area contributed by atoms with Gasteiger partial charge in [0.25, 0.3) is 0 Å². The molecule has 2 aliphatic rings. The van der Waals surface area contributed by atoms with Gasteiger partial charge in [-0.3, -0.25) is 15.2 Å². The number of hydrogen-bond donors (Lipinski definition) is 2. The highest BCUT2D eigenvalue weighted by atomic mass is 35.5. The fraction of sp³-hybridized carbons (Fsp3) is 0.300. The molecule has 1 spiro atoms. The molecule has 2 N–H and O–H groups in total. The van der Waals surface area contributed by atoms with Crippen molar-refractivity contribution in [1.29, 1.82) is 0 Å². The Balaban J connectivity index is 2.00. The molecule has 2 unspecified atom stereocenters. The van der Waals surface area contributed by atoms with Crippen LogP contribution >= 0.6 is 22.9 Å². The van der Waals surface area contributed by atoms with Crippen molar-refractivity contribution in [2.24, 2.45) is 21.0 Å². The zero-order valence-electron chi connectivity index (χ0n) is 15.7. The van der Waals surface area contributed by atoms with Crippen LogP contribution in [0.15, 0.2) is 39.4 Å². The highest BCUT2D eigenvalue weighted by Crippen LogP contribution is 2.48. The van der Waals surface area contributed by atoms with Crippen LogP contribution in [0, 0.1) is 19.8 Å². The average molecular weight is 415 g/mol. The average Bonchev–Trinajstić information content (AvgIpc) is 3.28. The van der Waals surface area contributed by atoms with Gasteiger partial charge in [-0.2, -0.15) is 5.10 Å². The number of hydrazone groups is 1. The summed E-state index contributed by atoms with van der Waals surface area (Å²) in [7, 11) is 0. The minimum atomic E-state index is -0.870. The molecule has 0 bridgehead atoms. The molecule has 2 heterocycles. The molecule has 8 heteroatoms. The minimum absolute atomic E-state index is 0.415. The summed E-state index contributed by atoms with van der Waals surface area (Å²) in [6.07, 6.45) is 2.01. The molecule has 1 aliphatic heterocycles. The molecule has 0 saturated heterocycles. The standard InChI is InChI=1S/C20H19ClN4O2S/c1-10-11(2)28-18-16(10)17(13-4-6-14(21)7-5-13)24-20(8-15(20)19(26)27)9-22-25-12(3)23-18/h4-7,9,15H,8H2,1-3H3,(H,23,25)(H,26,27). The Morgan fingerprint density at radius 3 is 2.64 bits per heavy atom. The second-order valence-electron chi connectivity index (χ2n) is 7.08. The second kappa shape index (κ2) is 6.83. The molecule has 1 aromatic carbocycles.